The lowest BCUT2D eigenvalue weighted by Crippen LogP contribution is -2.29. The van der Waals surface area contributed by atoms with Gasteiger partial charge in [0.15, 0.2) is 0 Å². The van der Waals surface area contributed by atoms with E-state index in [1.54, 1.807) is 6.07 Å². The van der Waals surface area contributed by atoms with E-state index in [0.29, 0.717) is 24.3 Å². The zero-order valence-corrected chi connectivity index (χ0v) is 19.5. The van der Waals surface area contributed by atoms with Crippen molar-refractivity contribution in [3.05, 3.63) is 69.7 Å². The molecule has 32 heavy (non-hydrogen) atoms. The summed E-state index contributed by atoms with van der Waals surface area (Å²) >= 11 is 1.53. The van der Waals surface area contributed by atoms with E-state index in [1.807, 2.05) is 23.6 Å². The number of aryl methyl sites for hydroxylation is 1. The molecular formula is C23H24N2O5S2. The molecule has 1 aliphatic heterocycles. The van der Waals surface area contributed by atoms with Crippen LogP contribution in [0.25, 0.3) is 0 Å². The molecule has 0 aliphatic carbocycles. The standard InChI is InChI=1S/C23H24N2O5S2/c1-3-6-22-24-17(15-31-22)14-30-23(26)19-13-18(9-10-21(19)29-2)32(27,28)25-12-11-16-7-4-5-8-20(16)25/h4-5,7-10,13,15H,3,6,11-12,14H2,1-2H3. The summed E-state index contributed by atoms with van der Waals surface area (Å²) in [4.78, 5) is 17.3. The Kier molecular flexibility index (Phi) is 6.48. The molecule has 0 radical (unpaired) electrons. The number of para-hydroxylation sites is 1. The van der Waals surface area contributed by atoms with E-state index in [1.165, 1.54) is 41.0 Å². The smallest absolute Gasteiger partial charge is 0.342 e. The summed E-state index contributed by atoms with van der Waals surface area (Å²) in [6, 6.07) is 11.7. The molecule has 2 heterocycles. The van der Waals surface area contributed by atoms with Crippen LogP contribution in [0, 0.1) is 0 Å². The number of ether oxygens (including phenoxy) is 2. The monoisotopic (exact) mass is 472 g/mol. The van der Waals surface area contributed by atoms with Crippen LogP contribution in [0.5, 0.6) is 5.75 Å². The lowest BCUT2D eigenvalue weighted by Gasteiger charge is -2.20. The number of esters is 1. The van der Waals surface area contributed by atoms with E-state index in [2.05, 4.69) is 11.9 Å². The molecule has 0 atom stereocenters. The predicted molar refractivity (Wildman–Crippen MR) is 123 cm³/mol. The number of carbonyl (C=O) groups is 1. The SMILES string of the molecule is CCCc1nc(COC(=O)c2cc(S(=O)(=O)N3CCc4ccccc43)ccc2OC)cs1. The van der Waals surface area contributed by atoms with Crippen LogP contribution in [0.3, 0.4) is 0 Å². The molecule has 1 aromatic heterocycles. The normalized spacial score (nSPS) is 13.1. The summed E-state index contributed by atoms with van der Waals surface area (Å²) in [5, 5.41) is 2.86. The van der Waals surface area contributed by atoms with E-state index in [4.69, 9.17) is 9.47 Å². The molecule has 4 rings (SSSR count). The van der Waals surface area contributed by atoms with Crippen LogP contribution >= 0.6 is 11.3 Å². The van der Waals surface area contributed by atoms with Gasteiger partial charge in [-0.1, -0.05) is 25.1 Å². The number of thiazole rings is 1. The van der Waals surface area contributed by atoms with Crippen LogP contribution in [-0.2, 0) is 34.2 Å². The van der Waals surface area contributed by atoms with E-state index in [0.717, 1.165) is 23.4 Å². The van der Waals surface area contributed by atoms with Crippen molar-refractivity contribution in [2.24, 2.45) is 0 Å². The highest BCUT2D eigenvalue weighted by Crippen LogP contribution is 2.34. The highest BCUT2D eigenvalue weighted by molar-refractivity contribution is 7.92. The second-order valence-electron chi connectivity index (χ2n) is 7.38. The van der Waals surface area contributed by atoms with Crippen molar-refractivity contribution in [1.82, 2.24) is 4.98 Å². The lowest BCUT2D eigenvalue weighted by atomic mass is 10.2. The number of anilines is 1. The first-order valence-corrected chi connectivity index (χ1v) is 12.6. The molecule has 0 saturated carbocycles. The highest BCUT2D eigenvalue weighted by Gasteiger charge is 2.31. The molecule has 0 amide bonds. The van der Waals surface area contributed by atoms with E-state index >= 15 is 0 Å². The summed E-state index contributed by atoms with van der Waals surface area (Å²) in [6.45, 7) is 2.45. The van der Waals surface area contributed by atoms with Crippen LogP contribution in [0.2, 0.25) is 0 Å². The Balaban J connectivity index is 1.57. The van der Waals surface area contributed by atoms with Crippen molar-refractivity contribution >= 4 is 33.0 Å². The van der Waals surface area contributed by atoms with Gasteiger partial charge < -0.3 is 9.47 Å². The topological polar surface area (TPSA) is 85.8 Å². The molecule has 0 unspecified atom stereocenters. The third kappa shape index (κ3) is 4.35. The maximum atomic E-state index is 13.3. The minimum Gasteiger partial charge on any atom is -0.496 e. The van der Waals surface area contributed by atoms with Gasteiger partial charge in [0.25, 0.3) is 10.0 Å². The minimum atomic E-state index is -3.84. The number of aromatic nitrogens is 1. The number of benzene rings is 2. The van der Waals surface area contributed by atoms with E-state index < -0.39 is 16.0 Å². The minimum absolute atomic E-state index is 0.0126. The second-order valence-corrected chi connectivity index (χ2v) is 10.2. The number of sulfonamides is 1. The molecule has 7 nitrogen and oxygen atoms in total. The quantitative estimate of drug-likeness (QED) is 0.457. The lowest BCUT2D eigenvalue weighted by molar-refractivity contribution is 0.0464. The summed E-state index contributed by atoms with van der Waals surface area (Å²) in [5.41, 5.74) is 2.38. The molecule has 0 saturated heterocycles. The number of hydrogen-bond donors (Lipinski definition) is 0. The van der Waals surface area contributed by atoms with E-state index in [9.17, 15) is 13.2 Å². The maximum Gasteiger partial charge on any atom is 0.342 e. The molecular weight excluding hydrogens is 448 g/mol. The molecule has 3 aromatic rings. The van der Waals surface area contributed by atoms with Crippen molar-refractivity contribution in [1.29, 1.82) is 0 Å². The van der Waals surface area contributed by atoms with Crippen LogP contribution in [0.4, 0.5) is 5.69 Å². The number of nitrogens with zero attached hydrogens (tertiary/aromatic N) is 2. The van der Waals surface area contributed by atoms with Gasteiger partial charge in [0.1, 0.15) is 17.9 Å². The molecule has 0 N–H and O–H groups in total. The fourth-order valence-corrected chi connectivity index (χ4v) is 6.07. The first-order valence-electron chi connectivity index (χ1n) is 10.3. The Labute approximate surface area is 191 Å². The van der Waals surface area contributed by atoms with Crippen molar-refractivity contribution in [2.45, 2.75) is 37.7 Å². The van der Waals surface area contributed by atoms with Crippen molar-refractivity contribution in [3.8, 4) is 5.75 Å². The molecule has 168 valence electrons. The maximum absolute atomic E-state index is 13.3. The fraction of sp³-hybridized carbons (Fsp3) is 0.304. The number of rotatable bonds is 8. The molecule has 0 fully saturated rings. The largest absolute Gasteiger partial charge is 0.496 e. The average Bonchev–Trinajstić information content (AvgIpc) is 3.44. The first-order chi connectivity index (χ1) is 15.4. The zero-order chi connectivity index (χ0) is 22.7. The zero-order valence-electron chi connectivity index (χ0n) is 17.9. The number of fused-ring (bicyclic) bond motifs is 1. The Morgan fingerprint density at radius 1 is 1.22 bits per heavy atom. The third-order valence-corrected chi connectivity index (χ3v) is 8.00. The summed E-state index contributed by atoms with van der Waals surface area (Å²) < 4.78 is 38.8. The number of hydrogen-bond acceptors (Lipinski definition) is 7. The van der Waals surface area contributed by atoms with Gasteiger partial charge in [0.05, 0.1) is 28.4 Å². The Morgan fingerprint density at radius 2 is 2.03 bits per heavy atom. The van der Waals surface area contributed by atoms with E-state index in [-0.39, 0.29) is 22.8 Å². The highest BCUT2D eigenvalue weighted by atomic mass is 32.2. The van der Waals surface area contributed by atoms with Crippen molar-refractivity contribution in [2.75, 3.05) is 18.0 Å². The van der Waals surface area contributed by atoms with Gasteiger partial charge in [-0.25, -0.2) is 18.2 Å². The number of carbonyl (C=O) groups excluding carboxylic acids is 1. The van der Waals surface area contributed by atoms with Crippen molar-refractivity contribution < 1.29 is 22.7 Å². The van der Waals surface area contributed by atoms with Gasteiger partial charge >= 0.3 is 5.97 Å². The fourth-order valence-electron chi connectivity index (χ4n) is 3.65. The number of methoxy groups -OCH3 is 1. The summed E-state index contributed by atoms with van der Waals surface area (Å²) in [5.74, 6) is -0.411. The Morgan fingerprint density at radius 3 is 2.81 bits per heavy atom. The predicted octanol–water partition coefficient (Wildman–Crippen LogP) is 4.21. The molecule has 2 aromatic carbocycles. The first kappa shape index (κ1) is 22.3. The average molecular weight is 473 g/mol. The summed E-state index contributed by atoms with van der Waals surface area (Å²) in [6.07, 6.45) is 2.52. The third-order valence-electron chi connectivity index (χ3n) is 5.24. The second kappa shape index (κ2) is 9.30. The molecule has 0 bridgehead atoms. The molecule has 1 aliphatic rings. The van der Waals surface area contributed by atoms with Crippen LogP contribution in [0.1, 0.15) is 40.0 Å². The molecule has 0 spiro atoms. The van der Waals surface area contributed by atoms with Crippen molar-refractivity contribution in [3.63, 3.8) is 0 Å². The Hall–Kier alpha value is -2.91. The van der Waals surface area contributed by atoms with Crippen LogP contribution < -0.4 is 9.04 Å². The van der Waals surface area contributed by atoms with Crippen LogP contribution in [0.15, 0.2) is 52.7 Å². The van der Waals surface area contributed by atoms with Gasteiger partial charge in [-0.3, -0.25) is 4.31 Å². The van der Waals surface area contributed by atoms with Gasteiger partial charge in [-0.05, 0) is 49.1 Å². The van der Waals surface area contributed by atoms with Gasteiger partial charge in [0, 0.05) is 11.9 Å². The van der Waals surface area contributed by atoms with Gasteiger partial charge in [0.2, 0.25) is 0 Å². The summed E-state index contributed by atoms with van der Waals surface area (Å²) in [7, 11) is -2.42. The van der Waals surface area contributed by atoms with Gasteiger partial charge in [-0.2, -0.15) is 0 Å². The Bertz CT molecular complexity index is 1240. The molecule has 9 heteroatoms. The van der Waals surface area contributed by atoms with Crippen LogP contribution in [-0.4, -0.2) is 33.0 Å². The van der Waals surface area contributed by atoms with Gasteiger partial charge in [-0.15, -0.1) is 11.3 Å².